The summed E-state index contributed by atoms with van der Waals surface area (Å²) < 4.78 is 10.7. The lowest BCUT2D eigenvalue weighted by Gasteiger charge is -2.22. The molecule has 0 unspecified atom stereocenters. The second kappa shape index (κ2) is 15.0. The van der Waals surface area contributed by atoms with E-state index in [-0.39, 0.29) is 0 Å². The van der Waals surface area contributed by atoms with Gasteiger partial charge in [0.1, 0.15) is 0 Å². The van der Waals surface area contributed by atoms with Crippen molar-refractivity contribution in [2.24, 2.45) is 4.99 Å². The number of ether oxygens (including phenoxy) is 2. The summed E-state index contributed by atoms with van der Waals surface area (Å²) in [5.74, 6) is 2.53. The van der Waals surface area contributed by atoms with Crippen LogP contribution in [0.4, 0.5) is 0 Å². The number of rotatable bonds is 14. The first-order valence-electron chi connectivity index (χ1n) is 10.9. The maximum Gasteiger partial charge on any atom is 0.193 e. The van der Waals surface area contributed by atoms with E-state index >= 15 is 0 Å². The van der Waals surface area contributed by atoms with Gasteiger partial charge in [-0.15, -0.1) is 0 Å². The van der Waals surface area contributed by atoms with E-state index in [0.717, 1.165) is 49.9 Å². The Balaban J connectivity index is 2.42. The highest BCUT2D eigenvalue weighted by Crippen LogP contribution is 2.27. The average Bonchev–Trinajstić information content (AvgIpc) is 2.72. The van der Waals surface area contributed by atoms with Crippen LogP contribution in [0, 0.1) is 0 Å². The maximum absolute atomic E-state index is 5.40. The van der Waals surface area contributed by atoms with Crippen molar-refractivity contribution in [2.75, 3.05) is 61.5 Å². The van der Waals surface area contributed by atoms with Gasteiger partial charge >= 0.3 is 0 Å². The van der Waals surface area contributed by atoms with E-state index in [0.29, 0.717) is 0 Å². The van der Waals surface area contributed by atoms with E-state index in [2.05, 4.69) is 49.2 Å². The number of benzene rings is 1. The van der Waals surface area contributed by atoms with Gasteiger partial charge in [-0.25, -0.2) is 0 Å². The number of methoxy groups -OCH3 is 2. The Morgan fingerprint density at radius 2 is 1.62 bits per heavy atom. The van der Waals surface area contributed by atoms with E-state index in [1.54, 1.807) is 14.2 Å². The molecule has 1 N–H and O–H groups in total. The molecular weight excluding hydrogens is 364 g/mol. The molecule has 0 radical (unpaired) electrons. The second-order valence-corrected chi connectivity index (χ2v) is 7.67. The van der Waals surface area contributed by atoms with Crippen LogP contribution < -0.4 is 14.8 Å². The van der Waals surface area contributed by atoms with Crippen LogP contribution >= 0.6 is 0 Å². The van der Waals surface area contributed by atoms with Crippen LogP contribution in [0.15, 0.2) is 23.2 Å². The molecule has 0 spiro atoms. The molecule has 1 aromatic rings. The molecule has 6 heteroatoms. The zero-order valence-corrected chi connectivity index (χ0v) is 19.5. The summed E-state index contributed by atoms with van der Waals surface area (Å²) in [5, 5.41) is 3.41. The number of unbranched alkanes of at least 4 members (excludes halogenated alkanes) is 4. The Labute approximate surface area is 178 Å². The summed E-state index contributed by atoms with van der Waals surface area (Å²) in [6.45, 7) is 5.96. The van der Waals surface area contributed by atoms with Gasteiger partial charge in [-0.3, -0.25) is 4.99 Å². The lowest BCUT2D eigenvalue weighted by atomic mass is 10.1. The second-order valence-electron chi connectivity index (χ2n) is 7.67. The summed E-state index contributed by atoms with van der Waals surface area (Å²) in [6, 6.07) is 6.11. The van der Waals surface area contributed by atoms with Gasteiger partial charge in [-0.1, -0.05) is 25.3 Å². The fourth-order valence-corrected chi connectivity index (χ4v) is 3.16. The number of guanidine groups is 1. The van der Waals surface area contributed by atoms with E-state index in [4.69, 9.17) is 14.5 Å². The number of hydrogen-bond donors (Lipinski definition) is 1. The molecule has 0 aliphatic carbocycles. The van der Waals surface area contributed by atoms with Crippen LogP contribution in [0.1, 0.15) is 44.6 Å². The molecule has 1 rings (SSSR count). The van der Waals surface area contributed by atoms with Crippen molar-refractivity contribution in [1.29, 1.82) is 0 Å². The maximum atomic E-state index is 5.40. The molecule has 0 bridgehead atoms. The minimum absolute atomic E-state index is 0.765. The van der Waals surface area contributed by atoms with Gasteiger partial charge in [0.2, 0.25) is 0 Å². The van der Waals surface area contributed by atoms with E-state index < -0.39 is 0 Å². The first kappa shape index (κ1) is 25.1. The van der Waals surface area contributed by atoms with Crippen molar-refractivity contribution >= 4 is 5.96 Å². The zero-order chi connectivity index (χ0) is 21.5. The number of nitrogens with one attached hydrogen (secondary N) is 1. The molecule has 0 aliphatic rings. The van der Waals surface area contributed by atoms with Gasteiger partial charge in [0.25, 0.3) is 0 Å². The Bertz CT molecular complexity index is 590. The predicted octanol–water partition coefficient (Wildman–Crippen LogP) is 3.66. The largest absolute Gasteiger partial charge is 0.493 e. The molecule has 166 valence electrons. The Hall–Kier alpha value is -1.95. The Kier molecular flexibility index (Phi) is 12.9. The number of nitrogens with zero attached hydrogens (tertiary/aromatic N) is 3. The molecule has 0 atom stereocenters. The normalized spacial score (nSPS) is 11.6. The Morgan fingerprint density at radius 3 is 2.28 bits per heavy atom. The quantitative estimate of drug-likeness (QED) is 0.290. The molecule has 29 heavy (non-hydrogen) atoms. The third-order valence-electron chi connectivity index (χ3n) is 4.91. The van der Waals surface area contributed by atoms with Crippen LogP contribution in [0.2, 0.25) is 0 Å². The fourth-order valence-electron chi connectivity index (χ4n) is 3.16. The minimum Gasteiger partial charge on any atom is -0.493 e. The number of aliphatic imine (C=N–C) groups is 1. The number of likely N-dealkylation sites (N-methyl/N-ethyl adjacent to an activating group) is 1. The Morgan fingerprint density at radius 1 is 0.931 bits per heavy atom. The third kappa shape index (κ3) is 10.4. The summed E-state index contributed by atoms with van der Waals surface area (Å²) in [5.41, 5.74) is 1.23. The van der Waals surface area contributed by atoms with Crippen LogP contribution in [-0.4, -0.2) is 77.3 Å². The first-order chi connectivity index (χ1) is 14.0. The van der Waals surface area contributed by atoms with Gasteiger partial charge in [0, 0.05) is 26.7 Å². The highest BCUT2D eigenvalue weighted by atomic mass is 16.5. The van der Waals surface area contributed by atoms with Gasteiger partial charge in [0.15, 0.2) is 17.5 Å². The van der Waals surface area contributed by atoms with Crippen LogP contribution in [0.3, 0.4) is 0 Å². The SMILES string of the molecule is CCNC(=NCCCCCCCN(C)C)N(C)CCc1ccc(OC)c(OC)c1. The van der Waals surface area contributed by atoms with Gasteiger partial charge in [-0.05, 0) is 64.5 Å². The molecule has 0 aliphatic heterocycles. The lowest BCUT2D eigenvalue weighted by molar-refractivity contribution is 0.354. The van der Waals surface area contributed by atoms with Crippen LogP contribution in [-0.2, 0) is 6.42 Å². The van der Waals surface area contributed by atoms with Crippen LogP contribution in [0.5, 0.6) is 11.5 Å². The molecule has 0 heterocycles. The molecule has 0 saturated heterocycles. The van der Waals surface area contributed by atoms with E-state index in [1.165, 1.54) is 37.8 Å². The van der Waals surface area contributed by atoms with Gasteiger partial charge in [-0.2, -0.15) is 0 Å². The fraction of sp³-hybridized carbons (Fsp3) is 0.696. The monoisotopic (exact) mass is 406 g/mol. The molecule has 0 saturated carbocycles. The average molecular weight is 407 g/mol. The molecule has 1 aromatic carbocycles. The van der Waals surface area contributed by atoms with E-state index in [9.17, 15) is 0 Å². The van der Waals surface area contributed by atoms with Crippen molar-refractivity contribution < 1.29 is 9.47 Å². The minimum atomic E-state index is 0.765. The summed E-state index contributed by atoms with van der Waals surface area (Å²) in [7, 11) is 9.71. The van der Waals surface area contributed by atoms with Crippen molar-refractivity contribution in [3.63, 3.8) is 0 Å². The molecule has 0 fully saturated rings. The molecule has 0 aromatic heterocycles. The topological polar surface area (TPSA) is 49.3 Å². The van der Waals surface area contributed by atoms with Crippen molar-refractivity contribution in [2.45, 2.75) is 45.4 Å². The first-order valence-corrected chi connectivity index (χ1v) is 10.9. The van der Waals surface area contributed by atoms with Crippen molar-refractivity contribution in [1.82, 2.24) is 15.1 Å². The highest BCUT2D eigenvalue weighted by Gasteiger charge is 2.08. The zero-order valence-electron chi connectivity index (χ0n) is 19.5. The van der Waals surface area contributed by atoms with Crippen molar-refractivity contribution in [3.8, 4) is 11.5 Å². The predicted molar refractivity (Wildman–Crippen MR) is 123 cm³/mol. The van der Waals surface area contributed by atoms with Crippen LogP contribution in [0.25, 0.3) is 0 Å². The molecular formula is C23H42N4O2. The van der Waals surface area contributed by atoms with E-state index in [1.807, 2.05) is 12.1 Å². The lowest BCUT2D eigenvalue weighted by Crippen LogP contribution is -2.40. The summed E-state index contributed by atoms with van der Waals surface area (Å²) >= 11 is 0. The standard InChI is InChI=1S/C23H42N4O2/c1-7-24-23(25-16-11-9-8-10-12-17-26(2)3)27(4)18-15-20-13-14-21(28-5)22(19-20)29-6/h13-14,19H,7-12,15-18H2,1-6H3,(H,24,25). The third-order valence-corrected chi connectivity index (χ3v) is 4.91. The number of hydrogen-bond acceptors (Lipinski definition) is 4. The molecule has 0 amide bonds. The molecule has 6 nitrogen and oxygen atoms in total. The summed E-state index contributed by atoms with van der Waals surface area (Å²) in [4.78, 5) is 9.27. The summed E-state index contributed by atoms with van der Waals surface area (Å²) in [6.07, 6.45) is 7.24. The highest BCUT2D eigenvalue weighted by molar-refractivity contribution is 5.79. The van der Waals surface area contributed by atoms with Gasteiger partial charge < -0.3 is 24.6 Å². The van der Waals surface area contributed by atoms with Crippen molar-refractivity contribution in [3.05, 3.63) is 23.8 Å². The smallest absolute Gasteiger partial charge is 0.193 e. The van der Waals surface area contributed by atoms with Gasteiger partial charge in [0.05, 0.1) is 14.2 Å².